The zero-order valence-electron chi connectivity index (χ0n) is 15.3. The van der Waals surface area contributed by atoms with Gasteiger partial charge in [0, 0.05) is 25.8 Å². The van der Waals surface area contributed by atoms with Crippen molar-refractivity contribution >= 4 is 21.6 Å². The summed E-state index contributed by atoms with van der Waals surface area (Å²) in [5.74, 6) is 0.105. The number of sulfonamides is 1. The van der Waals surface area contributed by atoms with Crippen molar-refractivity contribution in [3.05, 3.63) is 41.7 Å². The molecule has 0 radical (unpaired) electrons. The molecule has 2 N–H and O–H groups in total. The first-order chi connectivity index (χ1) is 12.9. The van der Waals surface area contributed by atoms with Gasteiger partial charge in [-0.3, -0.25) is 9.48 Å². The van der Waals surface area contributed by atoms with Gasteiger partial charge in [-0.25, -0.2) is 8.42 Å². The lowest BCUT2D eigenvalue weighted by atomic mass is 9.93. The first-order valence-corrected chi connectivity index (χ1v) is 10.5. The zero-order valence-corrected chi connectivity index (χ0v) is 16.2. The Balaban J connectivity index is 1.44. The molecule has 9 heteroatoms. The molecular formula is C18H23N5O3S. The number of benzene rings is 1. The molecule has 0 saturated carbocycles. The normalized spacial score (nSPS) is 22.1. The number of hydrogen-bond acceptors (Lipinski definition) is 5. The number of hydrogen-bond donors (Lipinski definition) is 2. The van der Waals surface area contributed by atoms with E-state index in [1.165, 1.54) is 0 Å². The Bertz CT molecular complexity index is 977. The van der Waals surface area contributed by atoms with Crippen LogP contribution in [0.25, 0.3) is 0 Å². The summed E-state index contributed by atoms with van der Waals surface area (Å²) in [6.45, 7) is 3.07. The van der Waals surface area contributed by atoms with E-state index in [1.54, 1.807) is 29.1 Å². The molecular weight excluding hydrogens is 366 g/mol. The van der Waals surface area contributed by atoms with Gasteiger partial charge in [-0.1, -0.05) is 12.1 Å². The lowest BCUT2D eigenvalue weighted by molar-refractivity contribution is 0.0678. The molecule has 2 aliphatic heterocycles. The number of piperidine rings is 1. The highest BCUT2D eigenvalue weighted by Gasteiger charge is 2.36. The monoisotopic (exact) mass is 389 g/mol. The average molecular weight is 389 g/mol. The largest absolute Gasteiger partial charge is 0.368 e. The van der Waals surface area contributed by atoms with Gasteiger partial charge in [0.15, 0.2) is 0 Å². The summed E-state index contributed by atoms with van der Waals surface area (Å²) < 4.78 is 29.4. The van der Waals surface area contributed by atoms with E-state index >= 15 is 0 Å². The maximum absolute atomic E-state index is 12.7. The Morgan fingerprint density at radius 2 is 1.93 bits per heavy atom. The minimum absolute atomic E-state index is 0.0124. The molecule has 8 nitrogen and oxygen atoms in total. The molecule has 1 amide bonds. The van der Waals surface area contributed by atoms with E-state index in [1.807, 2.05) is 24.9 Å². The van der Waals surface area contributed by atoms with Crippen LogP contribution in [-0.4, -0.2) is 48.3 Å². The van der Waals surface area contributed by atoms with Gasteiger partial charge in [-0.05, 0) is 37.8 Å². The Labute approximate surface area is 158 Å². The van der Waals surface area contributed by atoms with Crippen LogP contribution in [0.1, 0.15) is 28.9 Å². The van der Waals surface area contributed by atoms with Crippen LogP contribution >= 0.6 is 0 Å². The molecule has 0 unspecified atom stereocenters. The van der Waals surface area contributed by atoms with E-state index < -0.39 is 10.0 Å². The van der Waals surface area contributed by atoms with Crippen LogP contribution in [0.3, 0.4) is 0 Å². The first-order valence-electron chi connectivity index (χ1n) is 9.02. The lowest BCUT2D eigenvalue weighted by Gasteiger charge is -2.38. The van der Waals surface area contributed by atoms with Crippen molar-refractivity contribution in [2.24, 2.45) is 13.0 Å². The second-order valence-electron chi connectivity index (χ2n) is 7.14. The molecule has 0 spiro atoms. The minimum Gasteiger partial charge on any atom is -0.368 e. The third kappa shape index (κ3) is 3.21. The molecule has 1 aromatic heterocycles. The fourth-order valence-corrected chi connectivity index (χ4v) is 5.16. The summed E-state index contributed by atoms with van der Waals surface area (Å²) in [5.41, 5.74) is 2.10. The van der Waals surface area contributed by atoms with Gasteiger partial charge >= 0.3 is 0 Å². The van der Waals surface area contributed by atoms with Crippen molar-refractivity contribution in [1.29, 1.82) is 0 Å². The molecule has 3 heterocycles. The van der Waals surface area contributed by atoms with E-state index in [9.17, 15) is 13.2 Å². The van der Waals surface area contributed by atoms with Crippen LogP contribution in [0.4, 0.5) is 5.69 Å². The number of nitrogens with zero attached hydrogens (tertiary/aromatic N) is 3. The highest BCUT2D eigenvalue weighted by molar-refractivity contribution is 7.89. The zero-order chi connectivity index (χ0) is 19.2. The maximum atomic E-state index is 12.7. The standard InChI is InChI=1S/C18H23N5O3S/c1-12-14(11-19-22(12)2)18(24)23-9-7-13(8-10-23)17-20-15-5-3-4-6-16(15)27(25,26)21-17/h3-6,11,13,17,20-21H,7-10H2,1-2H3/t17-/m1/s1. The second-order valence-corrected chi connectivity index (χ2v) is 8.82. The lowest BCUT2D eigenvalue weighted by Crippen LogP contribution is -2.52. The summed E-state index contributed by atoms with van der Waals surface area (Å²) in [4.78, 5) is 14.8. The molecule has 27 heavy (non-hydrogen) atoms. The van der Waals surface area contributed by atoms with Crippen molar-refractivity contribution in [1.82, 2.24) is 19.4 Å². The van der Waals surface area contributed by atoms with Gasteiger partial charge in [-0.15, -0.1) is 0 Å². The molecule has 1 atom stereocenters. The fourth-order valence-electron chi connectivity index (χ4n) is 3.78. The number of aromatic nitrogens is 2. The third-order valence-corrected chi connectivity index (χ3v) is 7.03. The number of amides is 1. The number of rotatable bonds is 2. The Morgan fingerprint density at radius 1 is 1.22 bits per heavy atom. The number of para-hydroxylation sites is 1. The smallest absolute Gasteiger partial charge is 0.257 e. The van der Waals surface area contributed by atoms with Gasteiger partial charge in [0.25, 0.3) is 5.91 Å². The summed E-state index contributed by atoms with van der Waals surface area (Å²) in [6, 6.07) is 6.91. The maximum Gasteiger partial charge on any atom is 0.257 e. The predicted octanol–water partition coefficient (Wildman–Crippen LogP) is 1.31. The second kappa shape index (κ2) is 6.65. The number of anilines is 1. The van der Waals surface area contributed by atoms with E-state index in [0.717, 1.165) is 18.5 Å². The van der Waals surface area contributed by atoms with Crippen LogP contribution in [0.15, 0.2) is 35.4 Å². The van der Waals surface area contributed by atoms with Gasteiger partial charge in [0.2, 0.25) is 10.0 Å². The van der Waals surface area contributed by atoms with Gasteiger partial charge in [0.05, 0.1) is 23.6 Å². The van der Waals surface area contributed by atoms with Crippen molar-refractivity contribution < 1.29 is 13.2 Å². The number of likely N-dealkylation sites (tertiary alicyclic amines) is 1. The number of fused-ring (bicyclic) bond motifs is 1. The van der Waals surface area contributed by atoms with E-state index in [2.05, 4.69) is 15.1 Å². The number of aryl methyl sites for hydroxylation is 1. The molecule has 4 rings (SSSR count). The van der Waals surface area contributed by atoms with Crippen LogP contribution < -0.4 is 10.0 Å². The molecule has 0 bridgehead atoms. The summed E-state index contributed by atoms with van der Waals surface area (Å²) in [7, 11) is -1.70. The minimum atomic E-state index is -3.52. The Morgan fingerprint density at radius 3 is 2.59 bits per heavy atom. The predicted molar refractivity (Wildman–Crippen MR) is 101 cm³/mol. The quantitative estimate of drug-likeness (QED) is 0.807. The number of nitrogens with one attached hydrogen (secondary N) is 2. The fraction of sp³-hybridized carbons (Fsp3) is 0.444. The molecule has 1 saturated heterocycles. The number of carbonyl (C=O) groups is 1. The summed E-state index contributed by atoms with van der Waals surface area (Å²) in [6.07, 6.45) is 2.71. The van der Waals surface area contributed by atoms with Crippen molar-refractivity contribution in [2.45, 2.75) is 30.8 Å². The Kier molecular flexibility index (Phi) is 4.43. The highest BCUT2D eigenvalue weighted by Crippen LogP contribution is 2.31. The average Bonchev–Trinajstić information content (AvgIpc) is 2.99. The third-order valence-electron chi connectivity index (χ3n) is 5.53. The number of carbonyl (C=O) groups excluding carboxylic acids is 1. The van der Waals surface area contributed by atoms with Gasteiger partial charge in [0.1, 0.15) is 4.90 Å². The summed E-state index contributed by atoms with van der Waals surface area (Å²) in [5, 5.41) is 7.44. The molecule has 1 aromatic carbocycles. The van der Waals surface area contributed by atoms with E-state index in [4.69, 9.17) is 0 Å². The van der Waals surface area contributed by atoms with Crippen molar-refractivity contribution in [2.75, 3.05) is 18.4 Å². The molecule has 144 valence electrons. The van der Waals surface area contributed by atoms with Crippen LogP contribution in [0.5, 0.6) is 0 Å². The topological polar surface area (TPSA) is 96.3 Å². The molecule has 0 aliphatic carbocycles. The van der Waals surface area contributed by atoms with Crippen LogP contribution in [0, 0.1) is 12.8 Å². The molecule has 2 aromatic rings. The van der Waals surface area contributed by atoms with Crippen molar-refractivity contribution in [3.63, 3.8) is 0 Å². The van der Waals surface area contributed by atoms with Crippen molar-refractivity contribution in [3.8, 4) is 0 Å². The van der Waals surface area contributed by atoms with E-state index in [-0.39, 0.29) is 22.9 Å². The Hall–Kier alpha value is -2.39. The van der Waals surface area contributed by atoms with Crippen LogP contribution in [0.2, 0.25) is 0 Å². The molecule has 2 aliphatic rings. The first kappa shape index (κ1) is 18.0. The highest BCUT2D eigenvalue weighted by atomic mass is 32.2. The van der Waals surface area contributed by atoms with Crippen LogP contribution in [-0.2, 0) is 17.1 Å². The van der Waals surface area contributed by atoms with E-state index in [0.29, 0.717) is 24.3 Å². The SMILES string of the molecule is Cc1c(C(=O)N2CCC([C@@H]3Nc4ccccc4S(=O)(=O)N3)CC2)cnn1C. The van der Waals surface area contributed by atoms with Gasteiger partial charge < -0.3 is 10.2 Å². The molecule has 1 fully saturated rings. The summed E-state index contributed by atoms with van der Waals surface area (Å²) >= 11 is 0. The van der Waals surface area contributed by atoms with Gasteiger partial charge in [-0.2, -0.15) is 9.82 Å².